The first kappa shape index (κ1) is 11.8. The number of aryl methyl sites for hydroxylation is 1. The van der Waals surface area contributed by atoms with E-state index in [2.05, 4.69) is 31.4 Å². The van der Waals surface area contributed by atoms with Crippen molar-refractivity contribution in [1.82, 2.24) is 15.5 Å². The van der Waals surface area contributed by atoms with Crippen molar-refractivity contribution in [2.45, 2.75) is 13.3 Å². The minimum absolute atomic E-state index is 0.203. The molecule has 0 atom stereocenters. The number of rotatable bonds is 4. The molecule has 0 fully saturated rings. The lowest BCUT2D eigenvalue weighted by molar-refractivity contribution is 0.0952. The zero-order valence-electron chi connectivity index (χ0n) is 9.07. The molecule has 0 aliphatic rings. The van der Waals surface area contributed by atoms with Gasteiger partial charge < -0.3 is 14.3 Å². The number of aromatic nitrogens is 2. The summed E-state index contributed by atoms with van der Waals surface area (Å²) in [5.41, 5.74) is 0.467. The Morgan fingerprint density at radius 1 is 1.59 bits per heavy atom. The molecule has 0 saturated heterocycles. The zero-order chi connectivity index (χ0) is 12.3. The van der Waals surface area contributed by atoms with Gasteiger partial charge in [0.15, 0.2) is 10.5 Å². The van der Waals surface area contributed by atoms with Crippen LogP contribution in [-0.4, -0.2) is 22.6 Å². The van der Waals surface area contributed by atoms with Crippen LogP contribution in [0, 0.1) is 6.92 Å². The van der Waals surface area contributed by atoms with Crippen LogP contribution in [0.2, 0.25) is 0 Å². The summed E-state index contributed by atoms with van der Waals surface area (Å²) < 4.78 is 10.2. The van der Waals surface area contributed by atoms with Crippen molar-refractivity contribution in [3.8, 4) is 0 Å². The summed E-state index contributed by atoms with van der Waals surface area (Å²) in [7, 11) is 0. The first-order valence-electron chi connectivity index (χ1n) is 4.97. The van der Waals surface area contributed by atoms with E-state index >= 15 is 0 Å². The van der Waals surface area contributed by atoms with Gasteiger partial charge in [-0.15, -0.1) is 0 Å². The Morgan fingerprint density at radius 3 is 3.00 bits per heavy atom. The number of nitrogens with one attached hydrogen (secondary N) is 1. The minimum Gasteiger partial charge on any atom is -0.457 e. The predicted octanol–water partition coefficient (Wildman–Crippen LogP) is 1.71. The van der Waals surface area contributed by atoms with Gasteiger partial charge in [-0.1, -0.05) is 5.16 Å². The van der Waals surface area contributed by atoms with Crippen molar-refractivity contribution in [2.24, 2.45) is 0 Å². The predicted molar refractivity (Wildman–Crippen MR) is 61.5 cm³/mol. The first-order valence-corrected chi connectivity index (χ1v) is 5.76. The maximum absolute atomic E-state index is 11.7. The van der Waals surface area contributed by atoms with Crippen molar-refractivity contribution < 1.29 is 13.7 Å². The van der Waals surface area contributed by atoms with E-state index in [4.69, 9.17) is 8.94 Å². The van der Waals surface area contributed by atoms with E-state index in [1.807, 2.05) is 0 Å². The number of nitrogens with zero attached hydrogens (tertiary/aromatic N) is 2. The fourth-order valence-electron chi connectivity index (χ4n) is 1.28. The van der Waals surface area contributed by atoms with Crippen LogP contribution in [0.3, 0.4) is 0 Å². The number of hydrogen-bond donors (Lipinski definition) is 1. The summed E-state index contributed by atoms with van der Waals surface area (Å²) in [6, 6.07) is 1.60. The van der Waals surface area contributed by atoms with Crippen molar-refractivity contribution in [1.29, 1.82) is 0 Å². The number of hydrogen-bond acceptors (Lipinski definition) is 5. The largest absolute Gasteiger partial charge is 0.457 e. The molecule has 17 heavy (non-hydrogen) atoms. The third-order valence-electron chi connectivity index (χ3n) is 2.07. The number of carbonyl (C=O) groups excluding carboxylic acids is 1. The average Bonchev–Trinajstić information content (AvgIpc) is 2.87. The maximum Gasteiger partial charge on any atom is 0.255 e. The molecule has 2 heterocycles. The van der Waals surface area contributed by atoms with E-state index in [-0.39, 0.29) is 5.91 Å². The molecular formula is C10H10BrN3O3. The molecule has 0 bridgehead atoms. The molecule has 0 aliphatic heterocycles. The molecular weight excluding hydrogens is 290 g/mol. The van der Waals surface area contributed by atoms with Gasteiger partial charge in [-0.2, -0.15) is 4.98 Å². The lowest BCUT2D eigenvalue weighted by Gasteiger charge is -2.01. The van der Waals surface area contributed by atoms with E-state index in [1.54, 1.807) is 13.0 Å². The molecule has 7 heteroatoms. The summed E-state index contributed by atoms with van der Waals surface area (Å²) >= 11 is 3.14. The molecule has 2 aromatic heterocycles. The van der Waals surface area contributed by atoms with E-state index in [0.29, 0.717) is 34.9 Å². The fourth-order valence-corrected chi connectivity index (χ4v) is 1.70. The van der Waals surface area contributed by atoms with Gasteiger partial charge in [0.1, 0.15) is 0 Å². The average molecular weight is 300 g/mol. The van der Waals surface area contributed by atoms with E-state index in [9.17, 15) is 4.79 Å². The highest BCUT2D eigenvalue weighted by Gasteiger charge is 2.12. The van der Waals surface area contributed by atoms with Gasteiger partial charge in [-0.25, -0.2) is 0 Å². The lowest BCUT2D eigenvalue weighted by atomic mass is 10.3. The molecule has 6 nitrogen and oxygen atoms in total. The quantitative estimate of drug-likeness (QED) is 0.929. The van der Waals surface area contributed by atoms with Gasteiger partial charge in [-0.3, -0.25) is 4.79 Å². The lowest BCUT2D eigenvalue weighted by Crippen LogP contribution is -2.25. The highest BCUT2D eigenvalue weighted by Crippen LogP contribution is 2.16. The van der Waals surface area contributed by atoms with Gasteiger partial charge >= 0.3 is 0 Å². The Bertz CT molecular complexity index is 520. The van der Waals surface area contributed by atoms with E-state index in [0.717, 1.165) is 0 Å². The normalized spacial score (nSPS) is 10.5. The second-order valence-corrected chi connectivity index (χ2v) is 4.06. The molecule has 0 spiro atoms. The molecule has 1 N–H and O–H groups in total. The number of amides is 1. The van der Waals surface area contributed by atoms with Gasteiger partial charge in [0.05, 0.1) is 11.8 Å². The van der Waals surface area contributed by atoms with Crippen LogP contribution in [0.15, 0.2) is 25.9 Å². The van der Waals surface area contributed by atoms with E-state index in [1.165, 1.54) is 6.26 Å². The molecule has 0 unspecified atom stereocenters. The Morgan fingerprint density at radius 2 is 2.41 bits per heavy atom. The summed E-state index contributed by atoms with van der Waals surface area (Å²) in [4.78, 5) is 15.7. The summed E-state index contributed by atoms with van der Waals surface area (Å²) in [5.74, 6) is 0.892. The highest BCUT2D eigenvalue weighted by molar-refractivity contribution is 9.10. The van der Waals surface area contributed by atoms with Crippen molar-refractivity contribution in [2.75, 3.05) is 6.54 Å². The van der Waals surface area contributed by atoms with Crippen LogP contribution < -0.4 is 5.32 Å². The van der Waals surface area contributed by atoms with Crippen molar-refractivity contribution in [3.63, 3.8) is 0 Å². The minimum atomic E-state index is -0.203. The number of furan rings is 1. The van der Waals surface area contributed by atoms with E-state index < -0.39 is 0 Å². The smallest absolute Gasteiger partial charge is 0.255 e. The first-order chi connectivity index (χ1) is 8.16. The standard InChI is InChI=1S/C10H10BrN3O3/c1-6-13-8(14-17-6)2-4-12-10(15)7-3-5-16-9(7)11/h3,5H,2,4H2,1H3,(H,12,15). The zero-order valence-corrected chi connectivity index (χ0v) is 10.7. The third kappa shape index (κ3) is 2.94. The topological polar surface area (TPSA) is 81.2 Å². The highest BCUT2D eigenvalue weighted by atomic mass is 79.9. The number of halogens is 1. The second kappa shape index (κ2) is 5.13. The second-order valence-electron chi connectivity index (χ2n) is 3.34. The van der Waals surface area contributed by atoms with Gasteiger partial charge in [0.2, 0.25) is 5.89 Å². The Labute approximate surface area is 106 Å². The molecule has 0 saturated carbocycles. The third-order valence-corrected chi connectivity index (χ3v) is 2.68. The Hall–Kier alpha value is -1.63. The van der Waals surface area contributed by atoms with Crippen LogP contribution in [0.25, 0.3) is 0 Å². The van der Waals surface area contributed by atoms with Gasteiger partial charge in [0.25, 0.3) is 5.91 Å². The van der Waals surface area contributed by atoms with Crippen molar-refractivity contribution in [3.05, 3.63) is 34.3 Å². The monoisotopic (exact) mass is 299 g/mol. The molecule has 0 aromatic carbocycles. The maximum atomic E-state index is 11.7. The van der Waals surface area contributed by atoms with Crippen LogP contribution in [0.5, 0.6) is 0 Å². The number of carbonyl (C=O) groups is 1. The fraction of sp³-hybridized carbons (Fsp3) is 0.300. The SMILES string of the molecule is Cc1nc(CCNC(=O)c2ccoc2Br)no1. The Kier molecular flexibility index (Phi) is 3.58. The van der Waals surface area contributed by atoms with Gasteiger partial charge in [0, 0.05) is 19.9 Å². The molecule has 90 valence electrons. The summed E-state index contributed by atoms with van der Waals surface area (Å²) in [5, 5.41) is 6.46. The molecule has 0 aliphatic carbocycles. The molecule has 2 rings (SSSR count). The molecule has 0 radical (unpaired) electrons. The van der Waals surface area contributed by atoms with Crippen LogP contribution in [-0.2, 0) is 6.42 Å². The van der Waals surface area contributed by atoms with Gasteiger partial charge in [-0.05, 0) is 22.0 Å². The summed E-state index contributed by atoms with van der Waals surface area (Å²) in [6.45, 7) is 2.16. The summed E-state index contributed by atoms with van der Waals surface area (Å²) in [6.07, 6.45) is 1.97. The van der Waals surface area contributed by atoms with Crippen LogP contribution in [0.1, 0.15) is 22.1 Å². The van der Waals surface area contributed by atoms with Crippen molar-refractivity contribution >= 4 is 21.8 Å². The Balaban J connectivity index is 1.83. The molecule has 1 amide bonds. The molecule has 2 aromatic rings. The van der Waals surface area contributed by atoms with Crippen LogP contribution in [0.4, 0.5) is 0 Å². The van der Waals surface area contributed by atoms with Crippen LogP contribution >= 0.6 is 15.9 Å².